The molecule has 1 aromatic rings. The van der Waals surface area contributed by atoms with Crippen molar-refractivity contribution in [3.8, 4) is 5.75 Å². The van der Waals surface area contributed by atoms with E-state index < -0.39 is 0 Å². The Labute approximate surface area is 108 Å². The lowest BCUT2D eigenvalue weighted by Crippen LogP contribution is -2.01. The summed E-state index contributed by atoms with van der Waals surface area (Å²) in [5, 5.41) is 0. The number of hydrogen-bond donors (Lipinski definition) is 0. The Morgan fingerprint density at radius 2 is 2.17 bits per heavy atom. The highest BCUT2D eigenvalue weighted by atomic mass is 19.1. The molecule has 0 aliphatic rings. The van der Waals surface area contributed by atoms with Gasteiger partial charge in [0.15, 0.2) is 0 Å². The molecule has 0 atom stereocenters. The van der Waals surface area contributed by atoms with Crippen molar-refractivity contribution in [1.82, 2.24) is 0 Å². The SMILES string of the molecule is C=C/C(=C\OC)COc1ccc(F)c(C(C)C)c1. The lowest BCUT2D eigenvalue weighted by Gasteiger charge is -2.11. The number of methoxy groups -OCH3 is 1. The van der Waals surface area contributed by atoms with E-state index in [4.69, 9.17) is 9.47 Å². The molecular weight excluding hydrogens is 231 g/mol. The Hall–Kier alpha value is -1.77. The molecule has 0 amide bonds. The van der Waals surface area contributed by atoms with Crippen molar-refractivity contribution in [2.45, 2.75) is 19.8 Å². The molecule has 18 heavy (non-hydrogen) atoms. The van der Waals surface area contributed by atoms with E-state index in [1.165, 1.54) is 6.07 Å². The monoisotopic (exact) mass is 250 g/mol. The van der Waals surface area contributed by atoms with Crippen LogP contribution in [0.5, 0.6) is 5.75 Å². The van der Waals surface area contributed by atoms with Crippen LogP contribution in [-0.4, -0.2) is 13.7 Å². The molecule has 0 spiro atoms. The fourth-order valence-corrected chi connectivity index (χ4v) is 1.51. The largest absolute Gasteiger partial charge is 0.504 e. The Morgan fingerprint density at radius 1 is 1.44 bits per heavy atom. The van der Waals surface area contributed by atoms with Gasteiger partial charge in [-0.15, -0.1) is 0 Å². The molecule has 0 heterocycles. The number of halogens is 1. The molecule has 0 radical (unpaired) electrons. The fraction of sp³-hybridized carbons (Fsp3) is 0.333. The van der Waals surface area contributed by atoms with E-state index in [0.717, 1.165) is 5.57 Å². The maximum absolute atomic E-state index is 13.5. The summed E-state index contributed by atoms with van der Waals surface area (Å²) in [7, 11) is 1.57. The Balaban J connectivity index is 2.77. The highest BCUT2D eigenvalue weighted by Crippen LogP contribution is 2.23. The van der Waals surface area contributed by atoms with Gasteiger partial charge in [0, 0.05) is 5.57 Å². The summed E-state index contributed by atoms with van der Waals surface area (Å²) >= 11 is 0. The highest BCUT2D eigenvalue weighted by Gasteiger charge is 2.08. The van der Waals surface area contributed by atoms with Gasteiger partial charge in [-0.2, -0.15) is 0 Å². The molecule has 0 aromatic heterocycles. The zero-order valence-corrected chi connectivity index (χ0v) is 11.1. The van der Waals surface area contributed by atoms with Crippen LogP contribution in [0.1, 0.15) is 25.3 Å². The van der Waals surface area contributed by atoms with Crippen molar-refractivity contribution in [3.63, 3.8) is 0 Å². The summed E-state index contributed by atoms with van der Waals surface area (Å²) in [6, 6.07) is 4.78. The molecule has 1 aromatic carbocycles. The molecule has 0 saturated heterocycles. The average molecular weight is 250 g/mol. The molecule has 1 rings (SSSR count). The molecule has 0 fully saturated rings. The van der Waals surface area contributed by atoms with Gasteiger partial charge in [-0.3, -0.25) is 0 Å². The Bertz CT molecular complexity index is 436. The van der Waals surface area contributed by atoms with Crippen molar-refractivity contribution >= 4 is 0 Å². The molecule has 98 valence electrons. The highest BCUT2D eigenvalue weighted by molar-refractivity contribution is 5.32. The third kappa shape index (κ3) is 3.91. The average Bonchev–Trinajstić information content (AvgIpc) is 2.35. The van der Waals surface area contributed by atoms with E-state index >= 15 is 0 Å². The second-order valence-corrected chi connectivity index (χ2v) is 4.26. The molecule has 3 heteroatoms. The third-order valence-corrected chi connectivity index (χ3v) is 2.53. The van der Waals surface area contributed by atoms with Gasteiger partial charge in [-0.05, 0) is 29.7 Å². The lowest BCUT2D eigenvalue weighted by atomic mass is 10.0. The summed E-state index contributed by atoms with van der Waals surface area (Å²) in [6.07, 6.45) is 3.23. The van der Waals surface area contributed by atoms with Crippen LogP contribution < -0.4 is 4.74 Å². The van der Waals surface area contributed by atoms with E-state index in [2.05, 4.69) is 6.58 Å². The standard InChI is InChI=1S/C15H19FO2/c1-5-12(9-17-4)10-18-13-6-7-15(16)14(8-13)11(2)3/h5-9,11H,1,10H2,2-4H3/b12-9+. The number of ether oxygens (including phenoxy) is 2. The molecule has 0 saturated carbocycles. The Morgan fingerprint density at radius 3 is 2.72 bits per heavy atom. The lowest BCUT2D eigenvalue weighted by molar-refractivity contribution is 0.314. The first kappa shape index (κ1) is 14.3. The third-order valence-electron chi connectivity index (χ3n) is 2.53. The normalized spacial score (nSPS) is 11.5. The van der Waals surface area contributed by atoms with Crippen LogP contribution in [-0.2, 0) is 4.74 Å². The molecule has 0 aliphatic carbocycles. The van der Waals surface area contributed by atoms with Crippen molar-refractivity contribution in [1.29, 1.82) is 0 Å². The van der Waals surface area contributed by atoms with Crippen molar-refractivity contribution in [3.05, 3.63) is 54.1 Å². The van der Waals surface area contributed by atoms with E-state index in [0.29, 0.717) is 17.9 Å². The molecular formula is C15H19FO2. The molecule has 0 N–H and O–H groups in total. The van der Waals surface area contributed by atoms with Gasteiger partial charge in [0.2, 0.25) is 0 Å². The summed E-state index contributed by atoms with van der Waals surface area (Å²) < 4.78 is 24.0. The van der Waals surface area contributed by atoms with Crippen LogP contribution in [0.3, 0.4) is 0 Å². The van der Waals surface area contributed by atoms with E-state index in [-0.39, 0.29) is 11.7 Å². The molecule has 2 nitrogen and oxygen atoms in total. The van der Waals surface area contributed by atoms with Gasteiger partial charge in [-0.25, -0.2) is 4.39 Å². The second kappa shape index (κ2) is 6.84. The van der Waals surface area contributed by atoms with Gasteiger partial charge in [0.25, 0.3) is 0 Å². The minimum Gasteiger partial charge on any atom is -0.504 e. The summed E-state index contributed by atoms with van der Waals surface area (Å²) in [5.74, 6) is 0.569. The first-order valence-corrected chi connectivity index (χ1v) is 5.85. The quantitative estimate of drug-likeness (QED) is 0.560. The minimum atomic E-state index is -0.200. The summed E-state index contributed by atoms with van der Waals surface area (Å²) in [5.41, 5.74) is 1.48. The van der Waals surface area contributed by atoms with Crippen LogP contribution in [0.4, 0.5) is 4.39 Å². The van der Waals surface area contributed by atoms with Crippen LogP contribution in [0.15, 0.2) is 42.7 Å². The number of rotatable bonds is 6. The van der Waals surface area contributed by atoms with Crippen molar-refractivity contribution in [2.75, 3.05) is 13.7 Å². The van der Waals surface area contributed by atoms with Gasteiger partial charge in [-0.1, -0.05) is 26.5 Å². The minimum absolute atomic E-state index is 0.127. The first-order valence-electron chi connectivity index (χ1n) is 5.85. The van der Waals surface area contributed by atoms with Crippen LogP contribution in [0.25, 0.3) is 0 Å². The van der Waals surface area contributed by atoms with E-state index in [1.807, 2.05) is 13.8 Å². The predicted molar refractivity (Wildman–Crippen MR) is 71.3 cm³/mol. The zero-order valence-electron chi connectivity index (χ0n) is 11.1. The molecule has 0 aliphatic heterocycles. The summed E-state index contributed by atoms with van der Waals surface area (Å²) in [6.45, 7) is 7.90. The van der Waals surface area contributed by atoms with Gasteiger partial charge in [0.1, 0.15) is 18.2 Å². The van der Waals surface area contributed by atoms with E-state index in [1.54, 1.807) is 31.6 Å². The summed E-state index contributed by atoms with van der Waals surface area (Å²) in [4.78, 5) is 0. The van der Waals surface area contributed by atoms with Crippen molar-refractivity contribution in [2.24, 2.45) is 0 Å². The van der Waals surface area contributed by atoms with Crippen LogP contribution in [0, 0.1) is 5.82 Å². The van der Waals surface area contributed by atoms with Crippen molar-refractivity contribution < 1.29 is 13.9 Å². The fourth-order valence-electron chi connectivity index (χ4n) is 1.51. The second-order valence-electron chi connectivity index (χ2n) is 4.26. The maximum Gasteiger partial charge on any atom is 0.126 e. The van der Waals surface area contributed by atoms with Gasteiger partial charge < -0.3 is 9.47 Å². The zero-order chi connectivity index (χ0) is 13.5. The molecule has 0 unspecified atom stereocenters. The van der Waals surface area contributed by atoms with Crippen LogP contribution in [0.2, 0.25) is 0 Å². The smallest absolute Gasteiger partial charge is 0.126 e. The Kier molecular flexibility index (Phi) is 5.43. The van der Waals surface area contributed by atoms with Gasteiger partial charge in [0.05, 0.1) is 13.4 Å². The first-order chi connectivity index (χ1) is 8.58. The number of hydrogen-bond acceptors (Lipinski definition) is 2. The van der Waals surface area contributed by atoms with Crippen LogP contribution >= 0.6 is 0 Å². The topological polar surface area (TPSA) is 18.5 Å². The van der Waals surface area contributed by atoms with E-state index in [9.17, 15) is 4.39 Å². The number of benzene rings is 1. The van der Waals surface area contributed by atoms with Gasteiger partial charge >= 0.3 is 0 Å². The molecule has 0 bridgehead atoms. The predicted octanol–water partition coefficient (Wildman–Crippen LogP) is 4.04. The maximum atomic E-state index is 13.5.